The third-order valence-electron chi connectivity index (χ3n) is 2.49. The number of rotatable bonds is 4. The summed E-state index contributed by atoms with van der Waals surface area (Å²) in [7, 11) is 1.21. The molecule has 101 valence electrons. The second kappa shape index (κ2) is 5.83. The minimum Gasteiger partial charge on any atom is -0.465 e. The van der Waals surface area contributed by atoms with E-state index in [0.717, 1.165) is 6.07 Å². The van der Waals surface area contributed by atoms with Gasteiger partial charge < -0.3 is 9.47 Å². The van der Waals surface area contributed by atoms with E-state index in [1.807, 2.05) is 0 Å². The molecular formula is C14H10NO5. The predicted octanol–water partition coefficient (Wildman–Crippen LogP) is 2.97. The van der Waals surface area contributed by atoms with Crippen LogP contribution >= 0.6 is 0 Å². The van der Waals surface area contributed by atoms with Gasteiger partial charge >= 0.3 is 11.7 Å². The SMILES string of the molecule is COC(=O)c1ccc(Oc2cc[c]cc2)c([N+](=O)[O-])c1. The number of ether oxygens (including phenoxy) is 2. The first-order valence-corrected chi connectivity index (χ1v) is 5.62. The number of nitro benzene ring substituents is 1. The number of nitro groups is 1. The minimum absolute atomic E-state index is 0.0499. The molecule has 6 heteroatoms. The number of carbonyl (C=O) groups excluding carboxylic acids is 1. The van der Waals surface area contributed by atoms with Crippen molar-refractivity contribution in [2.45, 2.75) is 0 Å². The van der Waals surface area contributed by atoms with Crippen molar-refractivity contribution in [1.82, 2.24) is 0 Å². The number of hydrogen-bond donors (Lipinski definition) is 0. The highest BCUT2D eigenvalue weighted by Crippen LogP contribution is 2.32. The topological polar surface area (TPSA) is 78.7 Å². The number of nitrogens with zero attached hydrogens (tertiary/aromatic N) is 1. The molecular weight excluding hydrogens is 262 g/mol. The zero-order valence-corrected chi connectivity index (χ0v) is 10.5. The number of carbonyl (C=O) groups is 1. The molecule has 0 spiro atoms. The summed E-state index contributed by atoms with van der Waals surface area (Å²) in [6, 6.07) is 13.2. The van der Waals surface area contributed by atoms with Gasteiger partial charge in [0.15, 0.2) is 0 Å². The minimum atomic E-state index is -0.644. The monoisotopic (exact) mass is 272 g/mol. The second-order valence-corrected chi connectivity index (χ2v) is 3.77. The first-order valence-electron chi connectivity index (χ1n) is 5.62. The summed E-state index contributed by atoms with van der Waals surface area (Å²) >= 11 is 0. The van der Waals surface area contributed by atoms with Crippen molar-refractivity contribution >= 4 is 11.7 Å². The molecule has 6 nitrogen and oxygen atoms in total. The molecule has 2 rings (SSSR count). The summed E-state index contributed by atoms with van der Waals surface area (Å²) in [5.74, 6) is -0.152. The van der Waals surface area contributed by atoms with Crippen molar-refractivity contribution in [3.05, 3.63) is 64.2 Å². The quantitative estimate of drug-likeness (QED) is 0.485. The molecule has 2 aromatic carbocycles. The van der Waals surface area contributed by atoms with Crippen LogP contribution in [0.2, 0.25) is 0 Å². The Hall–Kier alpha value is -2.89. The molecule has 0 heterocycles. The largest absolute Gasteiger partial charge is 0.465 e. The lowest BCUT2D eigenvalue weighted by atomic mass is 10.2. The number of methoxy groups -OCH3 is 1. The van der Waals surface area contributed by atoms with Crippen LogP contribution in [0.5, 0.6) is 11.5 Å². The van der Waals surface area contributed by atoms with Crippen LogP contribution in [-0.4, -0.2) is 18.0 Å². The van der Waals surface area contributed by atoms with E-state index in [0.29, 0.717) is 5.75 Å². The molecule has 0 aliphatic carbocycles. The highest BCUT2D eigenvalue weighted by atomic mass is 16.6. The third-order valence-corrected chi connectivity index (χ3v) is 2.49. The molecule has 2 aromatic rings. The summed E-state index contributed by atoms with van der Waals surface area (Å²) in [6.45, 7) is 0. The fourth-order valence-corrected chi connectivity index (χ4v) is 1.56. The molecule has 0 unspecified atom stereocenters. The maximum Gasteiger partial charge on any atom is 0.338 e. The van der Waals surface area contributed by atoms with E-state index in [2.05, 4.69) is 10.8 Å². The van der Waals surface area contributed by atoms with Gasteiger partial charge in [0.2, 0.25) is 5.75 Å². The first-order chi connectivity index (χ1) is 9.61. The second-order valence-electron chi connectivity index (χ2n) is 3.77. The van der Waals surface area contributed by atoms with E-state index in [4.69, 9.17) is 4.74 Å². The Morgan fingerprint density at radius 3 is 2.55 bits per heavy atom. The Bertz CT molecular complexity index is 639. The van der Waals surface area contributed by atoms with E-state index in [1.165, 1.54) is 19.2 Å². The van der Waals surface area contributed by atoms with E-state index >= 15 is 0 Å². The molecule has 0 atom stereocenters. The normalized spacial score (nSPS) is 9.85. The van der Waals surface area contributed by atoms with E-state index in [9.17, 15) is 14.9 Å². The van der Waals surface area contributed by atoms with Gasteiger partial charge in [0.1, 0.15) is 5.75 Å². The Morgan fingerprint density at radius 2 is 1.95 bits per heavy atom. The third kappa shape index (κ3) is 2.92. The van der Waals surface area contributed by atoms with Gasteiger partial charge in [-0.2, -0.15) is 0 Å². The fraction of sp³-hybridized carbons (Fsp3) is 0.0714. The average molecular weight is 272 g/mol. The maximum atomic E-state index is 11.4. The molecule has 0 bridgehead atoms. The summed E-state index contributed by atoms with van der Waals surface area (Å²) in [5, 5.41) is 11.0. The van der Waals surface area contributed by atoms with Gasteiger partial charge in [0.05, 0.1) is 17.6 Å². The Kier molecular flexibility index (Phi) is 3.95. The van der Waals surface area contributed by atoms with Crippen molar-refractivity contribution in [2.75, 3.05) is 7.11 Å². The van der Waals surface area contributed by atoms with Crippen LogP contribution in [0.4, 0.5) is 5.69 Å². The number of esters is 1. The zero-order valence-electron chi connectivity index (χ0n) is 10.5. The van der Waals surface area contributed by atoms with Crippen molar-refractivity contribution in [1.29, 1.82) is 0 Å². The predicted molar refractivity (Wildman–Crippen MR) is 69.8 cm³/mol. The van der Waals surface area contributed by atoms with Crippen LogP contribution < -0.4 is 4.74 Å². The van der Waals surface area contributed by atoms with Crippen LogP contribution in [0, 0.1) is 16.2 Å². The van der Waals surface area contributed by atoms with Gasteiger partial charge in [-0.3, -0.25) is 10.1 Å². The summed E-state index contributed by atoms with van der Waals surface area (Å²) in [4.78, 5) is 21.8. The summed E-state index contributed by atoms with van der Waals surface area (Å²) in [5.41, 5.74) is -0.214. The van der Waals surface area contributed by atoms with Gasteiger partial charge in [-0.1, -0.05) is 12.1 Å². The molecule has 0 amide bonds. The summed E-state index contributed by atoms with van der Waals surface area (Å²) < 4.78 is 9.95. The van der Waals surface area contributed by atoms with Crippen LogP contribution in [-0.2, 0) is 4.74 Å². The Balaban J connectivity index is 2.38. The molecule has 0 fully saturated rings. The first kappa shape index (κ1) is 13.5. The fourth-order valence-electron chi connectivity index (χ4n) is 1.56. The van der Waals surface area contributed by atoms with E-state index in [-0.39, 0.29) is 17.0 Å². The van der Waals surface area contributed by atoms with Crippen LogP contribution in [0.15, 0.2) is 42.5 Å². The van der Waals surface area contributed by atoms with Gasteiger partial charge in [0, 0.05) is 6.07 Å². The van der Waals surface area contributed by atoms with E-state index in [1.54, 1.807) is 24.3 Å². The standard InChI is InChI=1S/C14H10NO5/c1-19-14(16)10-7-8-13(12(9-10)15(17)18)20-11-5-3-2-4-6-11/h3-9H,1H3. The van der Waals surface area contributed by atoms with Crippen molar-refractivity contribution in [3.8, 4) is 11.5 Å². The van der Waals surface area contributed by atoms with Crippen molar-refractivity contribution < 1.29 is 19.2 Å². The average Bonchev–Trinajstić information content (AvgIpc) is 2.47. The maximum absolute atomic E-state index is 11.4. The summed E-state index contributed by atoms with van der Waals surface area (Å²) in [6.07, 6.45) is 0. The smallest absolute Gasteiger partial charge is 0.338 e. The molecule has 1 radical (unpaired) electrons. The van der Waals surface area contributed by atoms with Gasteiger partial charge in [-0.25, -0.2) is 4.79 Å². The lowest BCUT2D eigenvalue weighted by Gasteiger charge is -2.07. The van der Waals surface area contributed by atoms with Gasteiger partial charge in [0.25, 0.3) is 0 Å². The van der Waals surface area contributed by atoms with Crippen LogP contribution in [0.3, 0.4) is 0 Å². The van der Waals surface area contributed by atoms with Crippen LogP contribution in [0.1, 0.15) is 10.4 Å². The molecule has 0 aliphatic heterocycles. The van der Waals surface area contributed by atoms with Crippen molar-refractivity contribution in [2.24, 2.45) is 0 Å². The Morgan fingerprint density at radius 1 is 1.25 bits per heavy atom. The van der Waals surface area contributed by atoms with Gasteiger partial charge in [-0.05, 0) is 30.3 Å². The zero-order chi connectivity index (χ0) is 14.5. The molecule has 0 aliphatic rings. The Labute approximate surface area is 114 Å². The molecule has 0 saturated heterocycles. The molecule has 0 aromatic heterocycles. The highest BCUT2D eigenvalue weighted by Gasteiger charge is 2.19. The number of hydrogen-bond acceptors (Lipinski definition) is 5. The van der Waals surface area contributed by atoms with E-state index < -0.39 is 10.9 Å². The molecule has 0 N–H and O–H groups in total. The highest BCUT2D eigenvalue weighted by molar-refractivity contribution is 5.90. The molecule has 20 heavy (non-hydrogen) atoms. The molecule has 0 saturated carbocycles. The lowest BCUT2D eigenvalue weighted by Crippen LogP contribution is -2.03. The van der Waals surface area contributed by atoms with Crippen LogP contribution in [0.25, 0.3) is 0 Å². The van der Waals surface area contributed by atoms with Crippen molar-refractivity contribution in [3.63, 3.8) is 0 Å². The number of benzene rings is 2. The lowest BCUT2D eigenvalue weighted by molar-refractivity contribution is -0.385. The van der Waals surface area contributed by atoms with Gasteiger partial charge in [-0.15, -0.1) is 0 Å².